The van der Waals surface area contributed by atoms with Gasteiger partial charge in [0.15, 0.2) is 0 Å². The van der Waals surface area contributed by atoms with E-state index in [0.29, 0.717) is 42.5 Å². The maximum Gasteiger partial charge on any atom is 0.224 e. The van der Waals surface area contributed by atoms with E-state index in [4.69, 9.17) is 18.9 Å². The van der Waals surface area contributed by atoms with Crippen LogP contribution in [0.3, 0.4) is 0 Å². The van der Waals surface area contributed by atoms with Crippen LogP contribution in [0.15, 0.2) is 48.5 Å². The maximum absolute atomic E-state index is 12.5. The van der Waals surface area contributed by atoms with Crippen LogP contribution in [0.5, 0.6) is 11.5 Å². The molecule has 2 aromatic carbocycles. The van der Waals surface area contributed by atoms with Crippen LogP contribution < -0.4 is 20.1 Å². The maximum atomic E-state index is 12.5. The van der Waals surface area contributed by atoms with Crippen molar-refractivity contribution >= 4 is 23.2 Å². The van der Waals surface area contributed by atoms with Crippen molar-refractivity contribution in [2.24, 2.45) is 0 Å². The lowest BCUT2D eigenvalue weighted by molar-refractivity contribution is -0.117. The van der Waals surface area contributed by atoms with Gasteiger partial charge in [-0.3, -0.25) is 9.59 Å². The van der Waals surface area contributed by atoms with Gasteiger partial charge in [0, 0.05) is 26.1 Å². The molecule has 0 aliphatic carbocycles. The third-order valence-corrected chi connectivity index (χ3v) is 6.03. The summed E-state index contributed by atoms with van der Waals surface area (Å²) < 4.78 is 22.9. The summed E-state index contributed by atoms with van der Waals surface area (Å²) in [5.74, 6) is 0.917. The summed E-state index contributed by atoms with van der Waals surface area (Å²) >= 11 is 0. The first-order chi connectivity index (χ1) is 17.2. The van der Waals surface area contributed by atoms with E-state index in [2.05, 4.69) is 10.6 Å². The molecule has 188 valence electrons. The number of rotatable bonds is 12. The number of ether oxygens (including phenoxy) is 4. The minimum Gasteiger partial charge on any atom is -0.489 e. The highest BCUT2D eigenvalue weighted by Crippen LogP contribution is 2.27. The highest BCUT2D eigenvalue weighted by molar-refractivity contribution is 5.94. The lowest BCUT2D eigenvalue weighted by Crippen LogP contribution is -2.19. The Hall–Kier alpha value is -3.10. The van der Waals surface area contributed by atoms with Crippen molar-refractivity contribution in [3.8, 4) is 11.5 Å². The van der Waals surface area contributed by atoms with Crippen molar-refractivity contribution in [3.63, 3.8) is 0 Å². The van der Waals surface area contributed by atoms with Gasteiger partial charge in [0.2, 0.25) is 11.8 Å². The Morgan fingerprint density at radius 1 is 0.743 bits per heavy atom. The number of carbonyl (C=O) groups excluding carboxylic acids is 2. The molecule has 2 atom stereocenters. The topological polar surface area (TPSA) is 95.1 Å². The van der Waals surface area contributed by atoms with E-state index in [0.717, 1.165) is 38.9 Å². The Kier molecular flexibility index (Phi) is 9.37. The van der Waals surface area contributed by atoms with Crippen molar-refractivity contribution in [2.45, 2.75) is 57.2 Å². The number of para-hydroxylation sites is 4. The second-order valence-corrected chi connectivity index (χ2v) is 8.83. The fraction of sp³-hybridized carbons (Fsp3) is 0.481. The number of amides is 2. The van der Waals surface area contributed by atoms with Gasteiger partial charge in [0.1, 0.15) is 24.7 Å². The Bertz CT molecular complexity index is 892. The molecule has 2 N–H and O–H groups in total. The Morgan fingerprint density at radius 3 is 1.63 bits per heavy atom. The third kappa shape index (κ3) is 7.97. The van der Waals surface area contributed by atoms with Crippen molar-refractivity contribution in [3.05, 3.63) is 48.5 Å². The van der Waals surface area contributed by atoms with E-state index in [1.54, 1.807) is 0 Å². The van der Waals surface area contributed by atoms with Crippen molar-refractivity contribution < 1.29 is 28.5 Å². The number of anilines is 2. The molecule has 2 heterocycles. The standard InChI is InChI=1S/C27H34N2O6/c30-26(28-22-10-1-3-12-24(22)34-18-20-8-6-16-32-20)14-5-15-27(31)29-23-11-2-4-13-25(23)35-19-21-9-7-17-33-21/h1-4,10-13,20-21H,5-9,14-19H2,(H,28,30)(H,29,31). The van der Waals surface area contributed by atoms with Crippen molar-refractivity contribution in [2.75, 3.05) is 37.1 Å². The first-order valence-electron chi connectivity index (χ1n) is 12.4. The van der Waals surface area contributed by atoms with Gasteiger partial charge < -0.3 is 29.6 Å². The summed E-state index contributed by atoms with van der Waals surface area (Å²) in [6.07, 6.45) is 5.16. The third-order valence-electron chi connectivity index (χ3n) is 6.03. The van der Waals surface area contributed by atoms with E-state index >= 15 is 0 Å². The van der Waals surface area contributed by atoms with E-state index in [9.17, 15) is 9.59 Å². The first kappa shape index (κ1) is 25.0. The van der Waals surface area contributed by atoms with Crippen LogP contribution in [0.4, 0.5) is 11.4 Å². The fourth-order valence-corrected chi connectivity index (χ4v) is 4.14. The Labute approximate surface area is 206 Å². The minimum absolute atomic E-state index is 0.101. The molecule has 2 aromatic rings. The van der Waals surface area contributed by atoms with Gasteiger partial charge in [-0.05, 0) is 56.4 Å². The summed E-state index contributed by atoms with van der Waals surface area (Å²) in [6.45, 7) is 2.47. The molecule has 2 aliphatic heterocycles. The molecular formula is C27H34N2O6. The zero-order chi connectivity index (χ0) is 24.3. The monoisotopic (exact) mass is 482 g/mol. The molecule has 2 amide bonds. The number of hydrogen-bond acceptors (Lipinski definition) is 6. The largest absolute Gasteiger partial charge is 0.489 e. The predicted molar refractivity (Wildman–Crippen MR) is 133 cm³/mol. The van der Waals surface area contributed by atoms with Gasteiger partial charge in [-0.15, -0.1) is 0 Å². The highest BCUT2D eigenvalue weighted by Gasteiger charge is 2.18. The van der Waals surface area contributed by atoms with Crippen LogP contribution in [0.1, 0.15) is 44.9 Å². The van der Waals surface area contributed by atoms with E-state index in [1.165, 1.54) is 0 Å². The predicted octanol–water partition coefficient (Wildman–Crippen LogP) is 4.55. The van der Waals surface area contributed by atoms with Crippen LogP contribution in [-0.2, 0) is 19.1 Å². The number of benzene rings is 2. The Balaban J connectivity index is 1.19. The lowest BCUT2D eigenvalue weighted by atomic mass is 10.2. The average molecular weight is 483 g/mol. The quantitative estimate of drug-likeness (QED) is 0.461. The SMILES string of the molecule is O=C(CCCC(=O)Nc1ccccc1OCC1CCCO1)Nc1ccccc1OCC1CCCO1. The molecule has 35 heavy (non-hydrogen) atoms. The molecule has 0 aromatic heterocycles. The number of nitrogens with one attached hydrogen (secondary N) is 2. The molecule has 0 spiro atoms. The van der Waals surface area contributed by atoms with Gasteiger partial charge in [-0.1, -0.05) is 24.3 Å². The summed E-state index contributed by atoms with van der Waals surface area (Å²) in [4.78, 5) is 25.0. The molecule has 8 heteroatoms. The molecule has 2 saturated heterocycles. The van der Waals surface area contributed by atoms with Gasteiger partial charge in [0.25, 0.3) is 0 Å². The molecule has 0 bridgehead atoms. The molecule has 8 nitrogen and oxygen atoms in total. The number of carbonyl (C=O) groups is 2. The summed E-state index contributed by atoms with van der Waals surface area (Å²) in [5, 5.41) is 5.79. The van der Waals surface area contributed by atoms with E-state index < -0.39 is 0 Å². The minimum atomic E-state index is -0.161. The summed E-state index contributed by atoms with van der Waals surface area (Å²) in [5.41, 5.74) is 1.24. The van der Waals surface area contributed by atoms with Crippen LogP contribution in [-0.4, -0.2) is 50.4 Å². The average Bonchev–Trinajstić information content (AvgIpc) is 3.57. The van der Waals surface area contributed by atoms with Gasteiger partial charge >= 0.3 is 0 Å². The molecule has 2 fully saturated rings. The van der Waals surface area contributed by atoms with Gasteiger partial charge in [-0.25, -0.2) is 0 Å². The van der Waals surface area contributed by atoms with E-state index in [1.807, 2.05) is 48.5 Å². The molecule has 0 radical (unpaired) electrons. The molecule has 2 aliphatic rings. The zero-order valence-electron chi connectivity index (χ0n) is 20.0. The smallest absolute Gasteiger partial charge is 0.224 e. The molecule has 0 saturated carbocycles. The van der Waals surface area contributed by atoms with Gasteiger partial charge in [0.05, 0.1) is 23.6 Å². The van der Waals surface area contributed by atoms with Crippen LogP contribution in [0, 0.1) is 0 Å². The second-order valence-electron chi connectivity index (χ2n) is 8.83. The molecule has 4 rings (SSSR count). The molecule has 2 unspecified atom stereocenters. The fourth-order valence-electron chi connectivity index (χ4n) is 4.14. The van der Waals surface area contributed by atoms with Gasteiger partial charge in [-0.2, -0.15) is 0 Å². The van der Waals surface area contributed by atoms with Crippen molar-refractivity contribution in [1.29, 1.82) is 0 Å². The van der Waals surface area contributed by atoms with Crippen LogP contribution in [0.2, 0.25) is 0 Å². The number of hydrogen-bond donors (Lipinski definition) is 2. The van der Waals surface area contributed by atoms with E-state index in [-0.39, 0.29) is 36.9 Å². The lowest BCUT2D eigenvalue weighted by Gasteiger charge is -2.15. The Morgan fingerprint density at radius 2 is 1.20 bits per heavy atom. The normalized spacial score (nSPS) is 19.3. The van der Waals surface area contributed by atoms with Crippen LogP contribution >= 0.6 is 0 Å². The summed E-state index contributed by atoms with van der Waals surface area (Å²) in [7, 11) is 0. The molecular weight excluding hydrogens is 448 g/mol. The van der Waals surface area contributed by atoms with Crippen molar-refractivity contribution in [1.82, 2.24) is 0 Å². The van der Waals surface area contributed by atoms with Crippen LogP contribution in [0.25, 0.3) is 0 Å². The highest BCUT2D eigenvalue weighted by atomic mass is 16.5. The summed E-state index contributed by atoms with van der Waals surface area (Å²) in [6, 6.07) is 14.7. The zero-order valence-corrected chi connectivity index (χ0v) is 20.0. The first-order valence-corrected chi connectivity index (χ1v) is 12.4. The second kappa shape index (κ2) is 13.1.